The van der Waals surface area contributed by atoms with Crippen LogP contribution in [-0.4, -0.2) is 11.0 Å². The standard InChI is InChI=1S/C19H25NO2/c1-13(15-9-10-20-11-15)17-8-6-7-16(14(17)2)12-22-18(21)19(3,4)5/h6-11,13,20H,12H2,1-5H3/t13-/m1/s1. The van der Waals surface area contributed by atoms with Crippen molar-refractivity contribution in [3.05, 3.63) is 58.9 Å². The van der Waals surface area contributed by atoms with Crippen LogP contribution in [-0.2, 0) is 16.1 Å². The molecular formula is C19H25NO2. The Kier molecular flexibility index (Phi) is 4.74. The molecule has 1 aromatic heterocycles. The van der Waals surface area contributed by atoms with E-state index in [0.717, 1.165) is 5.56 Å². The molecular weight excluding hydrogens is 274 g/mol. The molecule has 1 atom stereocenters. The van der Waals surface area contributed by atoms with Crippen LogP contribution in [0.4, 0.5) is 0 Å². The summed E-state index contributed by atoms with van der Waals surface area (Å²) in [5, 5.41) is 0. The highest BCUT2D eigenvalue weighted by atomic mass is 16.5. The van der Waals surface area contributed by atoms with Crippen molar-refractivity contribution < 1.29 is 9.53 Å². The van der Waals surface area contributed by atoms with E-state index in [1.165, 1.54) is 16.7 Å². The first-order valence-electron chi connectivity index (χ1n) is 7.69. The minimum atomic E-state index is -0.468. The zero-order valence-electron chi connectivity index (χ0n) is 14.1. The lowest BCUT2D eigenvalue weighted by atomic mass is 9.89. The minimum Gasteiger partial charge on any atom is -0.460 e. The number of nitrogens with one attached hydrogen (secondary N) is 1. The monoisotopic (exact) mass is 299 g/mol. The number of aromatic amines is 1. The Labute approximate surface area is 132 Å². The summed E-state index contributed by atoms with van der Waals surface area (Å²) in [5.74, 6) is 0.139. The molecule has 1 N–H and O–H groups in total. The number of carbonyl (C=O) groups excluding carboxylic acids is 1. The number of hydrogen-bond acceptors (Lipinski definition) is 2. The van der Waals surface area contributed by atoms with Gasteiger partial charge in [0, 0.05) is 18.3 Å². The van der Waals surface area contributed by atoms with Crippen molar-refractivity contribution in [2.75, 3.05) is 0 Å². The van der Waals surface area contributed by atoms with Gasteiger partial charge in [0.05, 0.1) is 5.41 Å². The first kappa shape index (κ1) is 16.3. The van der Waals surface area contributed by atoms with Crippen LogP contribution in [0.1, 0.15) is 55.9 Å². The molecule has 0 aliphatic rings. The minimum absolute atomic E-state index is 0.170. The van der Waals surface area contributed by atoms with E-state index in [4.69, 9.17) is 4.74 Å². The van der Waals surface area contributed by atoms with Gasteiger partial charge in [-0.2, -0.15) is 0 Å². The number of esters is 1. The molecule has 0 fully saturated rings. The molecule has 3 nitrogen and oxygen atoms in total. The summed E-state index contributed by atoms with van der Waals surface area (Å²) in [6.07, 6.45) is 3.96. The molecule has 118 valence electrons. The maximum absolute atomic E-state index is 11.9. The normalized spacial score (nSPS) is 13.0. The van der Waals surface area contributed by atoms with Crippen molar-refractivity contribution in [3.63, 3.8) is 0 Å². The van der Waals surface area contributed by atoms with Gasteiger partial charge in [-0.1, -0.05) is 25.1 Å². The lowest BCUT2D eigenvalue weighted by Gasteiger charge is -2.19. The number of rotatable bonds is 4. The molecule has 0 saturated heterocycles. The largest absolute Gasteiger partial charge is 0.460 e. The number of benzene rings is 1. The van der Waals surface area contributed by atoms with Crippen molar-refractivity contribution in [2.45, 2.75) is 47.1 Å². The number of ether oxygens (including phenoxy) is 1. The number of carbonyl (C=O) groups is 1. The highest BCUT2D eigenvalue weighted by Crippen LogP contribution is 2.28. The number of aromatic nitrogens is 1. The maximum Gasteiger partial charge on any atom is 0.311 e. The molecule has 0 aliphatic carbocycles. The molecule has 0 unspecified atom stereocenters. The SMILES string of the molecule is Cc1c(COC(=O)C(C)(C)C)cccc1[C@H](C)c1cc[nH]c1. The van der Waals surface area contributed by atoms with Gasteiger partial charge in [0.1, 0.15) is 6.61 Å². The van der Waals surface area contributed by atoms with E-state index in [-0.39, 0.29) is 5.97 Å². The summed E-state index contributed by atoms with van der Waals surface area (Å²) >= 11 is 0. The Hall–Kier alpha value is -2.03. The Morgan fingerprint density at radius 1 is 1.27 bits per heavy atom. The van der Waals surface area contributed by atoms with Crippen LogP contribution >= 0.6 is 0 Å². The molecule has 0 bridgehead atoms. The Morgan fingerprint density at radius 3 is 2.59 bits per heavy atom. The van der Waals surface area contributed by atoms with Crippen molar-refractivity contribution in [2.24, 2.45) is 5.41 Å². The first-order valence-corrected chi connectivity index (χ1v) is 7.69. The summed E-state index contributed by atoms with van der Waals surface area (Å²) in [4.78, 5) is 15.0. The molecule has 2 aromatic rings. The highest BCUT2D eigenvalue weighted by molar-refractivity contribution is 5.75. The fraction of sp³-hybridized carbons (Fsp3) is 0.421. The van der Waals surface area contributed by atoms with Crippen molar-refractivity contribution in [1.29, 1.82) is 0 Å². The lowest BCUT2D eigenvalue weighted by molar-refractivity contribution is -0.154. The summed E-state index contributed by atoms with van der Waals surface area (Å²) in [6, 6.07) is 8.29. The van der Waals surface area contributed by atoms with Gasteiger partial charge < -0.3 is 9.72 Å². The first-order chi connectivity index (χ1) is 10.3. The Balaban J connectivity index is 2.18. The van der Waals surface area contributed by atoms with Crippen LogP contribution in [0.5, 0.6) is 0 Å². The average molecular weight is 299 g/mol. The van der Waals surface area contributed by atoms with Crippen LogP contribution in [0.2, 0.25) is 0 Å². The van der Waals surface area contributed by atoms with E-state index in [1.807, 2.05) is 45.3 Å². The molecule has 2 rings (SSSR count). The van der Waals surface area contributed by atoms with E-state index in [2.05, 4.69) is 31.0 Å². The van der Waals surface area contributed by atoms with Gasteiger partial charge in [-0.05, 0) is 56.0 Å². The molecule has 0 saturated carbocycles. The second-order valence-electron chi connectivity index (χ2n) is 6.82. The van der Waals surface area contributed by atoms with E-state index >= 15 is 0 Å². The average Bonchev–Trinajstić information content (AvgIpc) is 2.98. The second-order valence-corrected chi connectivity index (χ2v) is 6.82. The van der Waals surface area contributed by atoms with Crippen LogP contribution in [0.3, 0.4) is 0 Å². The van der Waals surface area contributed by atoms with Crippen LogP contribution < -0.4 is 0 Å². The molecule has 0 aliphatic heterocycles. The Bertz CT molecular complexity index is 636. The van der Waals surface area contributed by atoms with Crippen LogP contribution in [0, 0.1) is 12.3 Å². The van der Waals surface area contributed by atoms with E-state index < -0.39 is 5.41 Å². The predicted octanol–water partition coefficient (Wildman–Crippen LogP) is 4.56. The third kappa shape index (κ3) is 3.59. The van der Waals surface area contributed by atoms with E-state index in [1.54, 1.807) is 0 Å². The van der Waals surface area contributed by atoms with Gasteiger partial charge in [0.15, 0.2) is 0 Å². The van der Waals surface area contributed by atoms with Gasteiger partial charge in [-0.25, -0.2) is 0 Å². The second kappa shape index (κ2) is 6.39. The van der Waals surface area contributed by atoms with Crippen molar-refractivity contribution in [3.8, 4) is 0 Å². The third-order valence-electron chi connectivity index (χ3n) is 4.05. The number of hydrogen-bond donors (Lipinski definition) is 1. The molecule has 0 amide bonds. The van der Waals surface area contributed by atoms with Gasteiger partial charge in [-0.3, -0.25) is 4.79 Å². The molecule has 0 spiro atoms. The molecule has 1 aromatic carbocycles. The lowest BCUT2D eigenvalue weighted by Crippen LogP contribution is -2.22. The zero-order chi connectivity index (χ0) is 16.3. The van der Waals surface area contributed by atoms with Crippen LogP contribution in [0.25, 0.3) is 0 Å². The summed E-state index contributed by atoms with van der Waals surface area (Å²) < 4.78 is 5.45. The molecule has 0 radical (unpaired) electrons. The third-order valence-corrected chi connectivity index (χ3v) is 4.05. The van der Waals surface area contributed by atoms with Crippen molar-refractivity contribution >= 4 is 5.97 Å². The molecule has 22 heavy (non-hydrogen) atoms. The van der Waals surface area contributed by atoms with Gasteiger partial charge in [0.2, 0.25) is 0 Å². The summed E-state index contributed by atoms with van der Waals surface area (Å²) in [7, 11) is 0. The van der Waals surface area contributed by atoms with E-state index in [0.29, 0.717) is 12.5 Å². The zero-order valence-corrected chi connectivity index (χ0v) is 14.1. The van der Waals surface area contributed by atoms with Gasteiger partial charge >= 0.3 is 5.97 Å². The summed E-state index contributed by atoms with van der Waals surface area (Å²) in [5.41, 5.74) is 4.32. The Morgan fingerprint density at radius 2 is 2.00 bits per heavy atom. The molecule has 3 heteroatoms. The summed E-state index contributed by atoms with van der Waals surface area (Å²) in [6.45, 7) is 10.2. The predicted molar refractivity (Wildman–Crippen MR) is 88.7 cm³/mol. The highest BCUT2D eigenvalue weighted by Gasteiger charge is 2.23. The number of H-pyrrole nitrogens is 1. The van der Waals surface area contributed by atoms with Gasteiger partial charge in [0.25, 0.3) is 0 Å². The molecule has 1 heterocycles. The van der Waals surface area contributed by atoms with Crippen LogP contribution in [0.15, 0.2) is 36.7 Å². The van der Waals surface area contributed by atoms with E-state index in [9.17, 15) is 4.79 Å². The topological polar surface area (TPSA) is 42.1 Å². The smallest absolute Gasteiger partial charge is 0.311 e. The van der Waals surface area contributed by atoms with Gasteiger partial charge in [-0.15, -0.1) is 0 Å². The fourth-order valence-electron chi connectivity index (χ4n) is 2.47. The fourth-order valence-corrected chi connectivity index (χ4v) is 2.47. The van der Waals surface area contributed by atoms with Crippen molar-refractivity contribution in [1.82, 2.24) is 4.98 Å². The maximum atomic E-state index is 11.9. The quantitative estimate of drug-likeness (QED) is 0.841.